The number of carbonyl (C=O) groups is 2. The van der Waals surface area contributed by atoms with E-state index in [0.717, 1.165) is 42.8 Å². The van der Waals surface area contributed by atoms with Gasteiger partial charge in [0.1, 0.15) is 11.5 Å². The van der Waals surface area contributed by atoms with Crippen LogP contribution in [0.5, 0.6) is 5.75 Å². The molecule has 1 saturated heterocycles. The quantitative estimate of drug-likeness (QED) is 0.189. The van der Waals surface area contributed by atoms with E-state index in [1.165, 1.54) is 0 Å². The molecule has 2 aromatic carbocycles. The first kappa shape index (κ1) is 26.8. The number of hydrogen-bond donors (Lipinski definition) is 1. The van der Waals surface area contributed by atoms with Gasteiger partial charge in [0, 0.05) is 23.7 Å². The van der Waals surface area contributed by atoms with E-state index in [2.05, 4.69) is 25.7 Å². The smallest absolute Gasteiger partial charge is 0.295 e. The number of aliphatic hydroxyl groups excluding tert-OH is 1. The molecule has 0 aromatic heterocycles. The van der Waals surface area contributed by atoms with Crippen LogP contribution in [0.1, 0.15) is 56.3 Å². The van der Waals surface area contributed by atoms with Crippen LogP contribution in [0.3, 0.4) is 0 Å². The number of likely N-dealkylation sites (tertiary alicyclic amines) is 1. The summed E-state index contributed by atoms with van der Waals surface area (Å²) in [6.07, 6.45) is 2.00. The van der Waals surface area contributed by atoms with E-state index >= 15 is 0 Å². The van der Waals surface area contributed by atoms with Gasteiger partial charge in [0.25, 0.3) is 11.7 Å². The first-order valence-electron chi connectivity index (χ1n) is 12.3. The summed E-state index contributed by atoms with van der Waals surface area (Å²) in [4.78, 5) is 30.1. The third kappa shape index (κ3) is 6.06. The molecule has 1 N–H and O–H groups in total. The molecule has 1 fully saturated rings. The maximum atomic E-state index is 13.2. The maximum Gasteiger partial charge on any atom is 0.295 e. The maximum absolute atomic E-state index is 13.2. The third-order valence-electron chi connectivity index (χ3n) is 6.48. The number of hydrogen-bond acceptors (Lipinski definition) is 5. The largest absolute Gasteiger partial charge is 0.507 e. The van der Waals surface area contributed by atoms with E-state index < -0.39 is 17.7 Å². The van der Waals surface area contributed by atoms with E-state index in [0.29, 0.717) is 30.3 Å². The number of carbonyl (C=O) groups excluding carboxylic acids is 2. The number of aryl methyl sites for hydroxylation is 1. The van der Waals surface area contributed by atoms with Crippen molar-refractivity contribution in [1.82, 2.24) is 9.80 Å². The zero-order valence-electron chi connectivity index (χ0n) is 21.0. The van der Waals surface area contributed by atoms with Gasteiger partial charge in [-0.2, -0.15) is 0 Å². The lowest BCUT2D eigenvalue weighted by Gasteiger charge is -2.28. The number of ketones is 1. The van der Waals surface area contributed by atoms with Crippen molar-refractivity contribution in [2.75, 3.05) is 32.8 Å². The van der Waals surface area contributed by atoms with E-state index in [1.54, 1.807) is 47.4 Å². The Morgan fingerprint density at radius 2 is 1.77 bits per heavy atom. The van der Waals surface area contributed by atoms with Gasteiger partial charge in [0.2, 0.25) is 0 Å². The van der Waals surface area contributed by atoms with Gasteiger partial charge >= 0.3 is 0 Å². The number of unbranched alkanes of at least 4 members (excludes halogenated alkanes) is 1. The molecule has 35 heavy (non-hydrogen) atoms. The van der Waals surface area contributed by atoms with Gasteiger partial charge in [0.15, 0.2) is 0 Å². The highest BCUT2D eigenvalue weighted by Crippen LogP contribution is 2.40. The highest BCUT2D eigenvalue weighted by molar-refractivity contribution is 6.46. The fourth-order valence-corrected chi connectivity index (χ4v) is 4.46. The third-order valence-corrected chi connectivity index (χ3v) is 6.73. The van der Waals surface area contributed by atoms with Crippen molar-refractivity contribution in [3.05, 3.63) is 69.8 Å². The molecule has 1 atom stereocenters. The molecule has 0 spiro atoms. The Kier molecular flexibility index (Phi) is 9.35. The van der Waals surface area contributed by atoms with Gasteiger partial charge in [0.05, 0.1) is 18.2 Å². The average molecular weight is 499 g/mol. The van der Waals surface area contributed by atoms with Crippen molar-refractivity contribution in [1.29, 1.82) is 0 Å². The molecule has 0 aliphatic carbocycles. The number of benzene rings is 2. The Morgan fingerprint density at radius 1 is 1.09 bits per heavy atom. The Morgan fingerprint density at radius 3 is 2.37 bits per heavy atom. The molecule has 1 heterocycles. The van der Waals surface area contributed by atoms with Crippen LogP contribution in [0.15, 0.2) is 48.0 Å². The summed E-state index contributed by atoms with van der Waals surface area (Å²) in [5.74, 6) is -0.724. The van der Waals surface area contributed by atoms with Gasteiger partial charge in [-0.05, 0) is 67.9 Å². The summed E-state index contributed by atoms with van der Waals surface area (Å²) in [6.45, 7) is 11.4. The molecule has 188 valence electrons. The number of halogens is 1. The molecule has 3 rings (SSSR count). The van der Waals surface area contributed by atoms with Crippen LogP contribution in [-0.4, -0.2) is 59.4 Å². The van der Waals surface area contributed by atoms with Crippen molar-refractivity contribution in [3.63, 3.8) is 0 Å². The molecule has 1 aliphatic heterocycles. The van der Waals surface area contributed by atoms with Gasteiger partial charge in [-0.1, -0.05) is 50.9 Å². The molecule has 6 nitrogen and oxygen atoms in total. The van der Waals surface area contributed by atoms with Gasteiger partial charge in [-0.3, -0.25) is 9.59 Å². The van der Waals surface area contributed by atoms with Crippen molar-refractivity contribution >= 4 is 29.1 Å². The fraction of sp³-hybridized carbons (Fsp3) is 0.429. The molecular weight excluding hydrogens is 464 g/mol. The second-order valence-electron chi connectivity index (χ2n) is 8.75. The molecule has 0 radical (unpaired) electrons. The molecule has 0 saturated carbocycles. The van der Waals surface area contributed by atoms with Crippen LogP contribution < -0.4 is 4.74 Å². The van der Waals surface area contributed by atoms with Crippen LogP contribution in [0, 0.1) is 6.92 Å². The fourth-order valence-electron chi connectivity index (χ4n) is 4.33. The lowest BCUT2D eigenvalue weighted by atomic mass is 9.95. The zero-order chi connectivity index (χ0) is 25.5. The van der Waals surface area contributed by atoms with E-state index in [9.17, 15) is 14.7 Å². The summed E-state index contributed by atoms with van der Waals surface area (Å²) in [5.41, 5.74) is 2.15. The Hall–Kier alpha value is -2.83. The molecular formula is C28H35ClN2O4. The van der Waals surface area contributed by atoms with Crippen molar-refractivity contribution < 1.29 is 19.4 Å². The number of Topliss-reactive ketones (excluding diaryl/α,β-unsaturated/α-hetero) is 1. The first-order valence-corrected chi connectivity index (χ1v) is 12.7. The minimum Gasteiger partial charge on any atom is -0.507 e. The monoisotopic (exact) mass is 498 g/mol. The summed E-state index contributed by atoms with van der Waals surface area (Å²) in [5, 5.41) is 11.9. The zero-order valence-corrected chi connectivity index (χ0v) is 21.8. The molecule has 1 amide bonds. The summed E-state index contributed by atoms with van der Waals surface area (Å²) in [6, 6.07) is 11.7. The van der Waals surface area contributed by atoms with Crippen LogP contribution in [0.25, 0.3) is 5.76 Å². The average Bonchev–Trinajstić information content (AvgIpc) is 3.10. The molecule has 0 bridgehead atoms. The summed E-state index contributed by atoms with van der Waals surface area (Å²) in [7, 11) is 0. The predicted molar refractivity (Wildman–Crippen MR) is 140 cm³/mol. The van der Waals surface area contributed by atoms with Gasteiger partial charge in [-0.15, -0.1) is 0 Å². The Bertz CT molecular complexity index is 1080. The van der Waals surface area contributed by atoms with Crippen LogP contribution in [0.2, 0.25) is 5.02 Å². The van der Waals surface area contributed by atoms with Crippen molar-refractivity contribution in [2.45, 2.75) is 46.6 Å². The SMILES string of the molecule is CCCCOc1ccc(C(O)=C2C(=O)C(=O)N(CCN(CC)CC)[C@H]2c2ccc(Cl)cc2)cc1C. The highest BCUT2D eigenvalue weighted by atomic mass is 35.5. The molecule has 0 unspecified atom stereocenters. The van der Waals surface area contributed by atoms with Crippen molar-refractivity contribution in [2.24, 2.45) is 0 Å². The molecule has 1 aliphatic rings. The van der Waals surface area contributed by atoms with Crippen LogP contribution >= 0.6 is 11.6 Å². The lowest BCUT2D eigenvalue weighted by Crippen LogP contribution is -2.38. The van der Waals surface area contributed by atoms with Gasteiger partial charge < -0.3 is 19.6 Å². The second-order valence-corrected chi connectivity index (χ2v) is 9.19. The number of ether oxygens (including phenoxy) is 1. The summed E-state index contributed by atoms with van der Waals surface area (Å²) < 4.78 is 5.83. The van der Waals surface area contributed by atoms with Crippen LogP contribution in [-0.2, 0) is 9.59 Å². The number of nitrogens with zero attached hydrogens (tertiary/aromatic N) is 2. The number of rotatable bonds is 11. The molecule has 7 heteroatoms. The molecule has 2 aromatic rings. The normalized spacial score (nSPS) is 17.4. The number of amides is 1. The second kappa shape index (κ2) is 12.2. The minimum atomic E-state index is -0.691. The predicted octanol–water partition coefficient (Wildman–Crippen LogP) is 5.59. The highest BCUT2D eigenvalue weighted by Gasteiger charge is 2.46. The van der Waals surface area contributed by atoms with E-state index in [1.807, 2.05) is 6.92 Å². The van der Waals surface area contributed by atoms with Crippen molar-refractivity contribution in [3.8, 4) is 5.75 Å². The Labute approximate surface area is 213 Å². The first-order chi connectivity index (χ1) is 16.8. The van der Waals surface area contributed by atoms with E-state index in [4.69, 9.17) is 16.3 Å². The standard InChI is InChI=1S/C28H35ClN2O4/c1-5-8-17-35-23-14-11-21(18-19(23)4)26(32)24-25(20-9-12-22(29)13-10-20)31(28(34)27(24)33)16-15-30(6-2)7-3/h9-14,18,25,32H,5-8,15-17H2,1-4H3/t25-/m0/s1. The summed E-state index contributed by atoms with van der Waals surface area (Å²) >= 11 is 6.10. The Balaban J connectivity index is 2.03. The number of aliphatic hydroxyl groups is 1. The minimum absolute atomic E-state index is 0.0934. The lowest BCUT2D eigenvalue weighted by molar-refractivity contribution is -0.140. The van der Waals surface area contributed by atoms with Crippen LogP contribution in [0.4, 0.5) is 0 Å². The van der Waals surface area contributed by atoms with E-state index in [-0.39, 0.29) is 11.3 Å². The number of likely N-dealkylation sites (N-methyl/N-ethyl adjacent to an activating group) is 1. The topological polar surface area (TPSA) is 70.1 Å². The van der Waals surface area contributed by atoms with Gasteiger partial charge in [-0.25, -0.2) is 0 Å².